The fraction of sp³-hybridized carbons (Fsp3) is 0.682. The molecule has 0 unspecified atom stereocenters. The quantitative estimate of drug-likeness (QED) is 0.176. The molecule has 4 N–H and O–H groups in total. The summed E-state index contributed by atoms with van der Waals surface area (Å²) in [5.41, 5.74) is 5.29. The molecule has 0 aromatic carbocycles. The van der Waals surface area contributed by atoms with E-state index >= 15 is 0 Å². The second-order valence-corrected chi connectivity index (χ2v) is 11.8. The lowest BCUT2D eigenvalue weighted by molar-refractivity contribution is -0.147. The highest BCUT2D eigenvalue weighted by Crippen LogP contribution is 2.48. The van der Waals surface area contributed by atoms with Crippen molar-refractivity contribution in [2.24, 2.45) is 0 Å². The van der Waals surface area contributed by atoms with Crippen molar-refractivity contribution in [3.05, 3.63) is 12.7 Å². The molecule has 2 aromatic rings. The van der Waals surface area contributed by atoms with Crippen molar-refractivity contribution < 1.29 is 28.7 Å². The fourth-order valence-electron chi connectivity index (χ4n) is 3.35. The van der Waals surface area contributed by atoms with Gasteiger partial charge in [-0.25, -0.2) is 24.7 Å². The number of esters is 1. The number of likely N-dealkylation sites (N-methyl/N-ethyl adjacent to an activating group) is 1. The van der Waals surface area contributed by atoms with Gasteiger partial charge in [0, 0.05) is 0 Å². The number of rotatable bonds is 15. The monoisotopic (exact) mass is 527 g/mol. The van der Waals surface area contributed by atoms with Crippen molar-refractivity contribution in [2.45, 2.75) is 78.1 Å². The molecule has 2 heterocycles. The maximum absolute atomic E-state index is 14.1. The third-order valence-electron chi connectivity index (χ3n) is 5.81. The molecule has 0 radical (unpaired) electrons. The number of anilines is 1. The minimum absolute atomic E-state index is 0.258. The van der Waals surface area contributed by atoms with Crippen LogP contribution in [0, 0.1) is 0 Å². The average Bonchev–Trinajstić information content (AvgIpc) is 3.23. The number of carboxylic acid groups (broad SMARTS) is 1. The Bertz CT molecular complexity index is 1090. The van der Waals surface area contributed by atoms with Crippen LogP contribution < -0.4 is 10.8 Å². The van der Waals surface area contributed by atoms with Crippen molar-refractivity contribution >= 4 is 36.4 Å². The maximum atomic E-state index is 14.1. The predicted octanol–water partition coefficient (Wildman–Crippen LogP) is 2.47. The van der Waals surface area contributed by atoms with Gasteiger partial charge in [0.25, 0.3) is 0 Å². The fourth-order valence-corrected chi connectivity index (χ4v) is 5.84. The summed E-state index contributed by atoms with van der Waals surface area (Å²) in [6.45, 7) is 8.76. The first-order valence-corrected chi connectivity index (χ1v) is 13.7. The number of carbonyl (C=O) groups is 2. The third kappa shape index (κ3) is 7.45. The lowest BCUT2D eigenvalue weighted by atomic mass is 10.1. The number of ether oxygens (including phenoxy) is 2. The van der Waals surface area contributed by atoms with Gasteiger partial charge in [0.1, 0.15) is 29.8 Å². The zero-order valence-corrected chi connectivity index (χ0v) is 22.7. The van der Waals surface area contributed by atoms with E-state index < -0.39 is 37.1 Å². The normalized spacial score (nSPS) is 15.5. The van der Waals surface area contributed by atoms with Gasteiger partial charge in [-0.15, -0.1) is 0 Å². The highest BCUT2D eigenvalue weighted by atomic mass is 31.2. The summed E-state index contributed by atoms with van der Waals surface area (Å²) in [5.74, 6) is -1.48. The van der Waals surface area contributed by atoms with Crippen LogP contribution in [0.3, 0.4) is 0 Å². The second kappa shape index (κ2) is 12.6. The Labute approximate surface area is 211 Å². The van der Waals surface area contributed by atoms with Gasteiger partial charge in [0.05, 0.1) is 25.6 Å². The highest BCUT2D eigenvalue weighted by molar-refractivity contribution is 7.59. The molecular formula is C22H38N7O6P. The van der Waals surface area contributed by atoms with Gasteiger partial charge < -0.3 is 24.9 Å². The van der Waals surface area contributed by atoms with Crippen LogP contribution in [0.5, 0.6) is 0 Å². The summed E-state index contributed by atoms with van der Waals surface area (Å²) in [6, 6.07) is -0.897. The molecule has 13 nitrogen and oxygen atoms in total. The molecule has 0 aliphatic heterocycles. The standard InChI is InChI=1S/C22H38N7O6P/c1-7-8-9-10-34-20(30)16(3)28(6)36(33,27-22(4,5)21(31)32)14-35-15(2)11-29-13-26-17-18(23)24-12-25-19(17)29/h12-13,15-16H,7-11,14H2,1-6H3,(H,27,33)(H,31,32)(H2,23,24,25)/t15-,16-,36-/m1/s1. The van der Waals surface area contributed by atoms with Gasteiger partial charge in [-0.2, -0.15) is 0 Å². The molecular weight excluding hydrogens is 489 g/mol. The molecule has 2 rings (SSSR count). The smallest absolute Gasteiger partial charge is 0.323 e. The first-order chi connectivity index (χ1) is 16.8. The minimum Gasteiger partial charge on any atom is -0.480 e. The van der Waals surface area contributed by atoms with Crippen LogP contribution in [-0.4, -0.2) is 78.9 Å². The van der Waals surface area contributed by atoms with Gasteiger partial charge in [-0.1, -0.05) is 19.8 Å². The number of nitrogens with zero attached hydrogens (tertiary/aromatic N) is 5. The van der Waals surface area contributed by atoms with Gasteiger partial charge in [0.15, 0.2) is 11.5 Å². The zero-order chi connectivity index (χ0) is 27.1. The molecule has 0 fully saturated rings. The Morgan fingerprint density at radius 1 is 1.28 bits per heavy atom. The third-order valence-corrected chi connectivity index (χ3v) is 8.58. The Morgan fingerprint density at radius 3 is 2.61 bits per heavy atom. The van der Waals surface area contributed by atoms with Crippen molar-refractivity contribution in [2.75, 3.05) is 25.7 Å². The number of nitrogens with two attached hydrogens (primary N) is 1. The molecule has 0 amide bonds. The summed E-state index contributed by atoms with van der Waals surface area (Å²) in [5, 5.41) is 12.3. The van der Waals surface area contributed by atoms with Crippen LogP contribution in [0.2, 0.25) is 0 Å². The lowest BCUT2D eigenvalue weighted by Crippen LogP contribution is -2.50. The van der Waals surface area contributed by atoms with E-state index in [1.54, 1.807) is 24.7 Å². The number of carbonyl (C=O) groups excluding carboxylic acids is 1. The Hall–Kier alpha value is -2.60. The number of aliphatic carboxylic acids is 1. The van der Waals surface area contributed by atoms with Crippen LogP contribution in [0.4, 0.5) is 5.82 Å². The average molecular weight is 528 g/mol. The van der Waals surface area contributed by atoms with Gasteiger partial charge in [0.2, 0.25) is 7.44 Å². The zero-order valence-electron chi connectivity index (χ0n) is 21.8. The molecule has 0 aliphatic carbocycles. The number of nitrogen functional groups attached to an aromatic ring is 1. The molecule has 2 aromatic heterocycles. The number of carboxylic acids is 1. The predicted molar refractivity (Wildman–Crippen MR) is 135 cm³/mol. The van der Waals surface area contributed by atoms with E-state index in [0.717, 1.165) is 19.3 Å². The summed E-state index contributed by atoms with van der Waals surface area (Å²) in [4.78, 5) is 36.7. The van der Waals surface area contributed by atoms with Crippen molar-refractivity contribution in [1.29, 1.82) is 0 Å². The Kier molecular flexibility index (Phi) is 10.4. The number of aromatic nitrogens is 4. The molecule has 36 heavy (non-hydrogen) atoms. The summed E-state index contributed by atoms with van der Waals surface area (Å²) in [6.07, 6.45) is 4.74. The molecule has 0 saturated carbocycles. The lowest BCUT2D eigenvalue weighted by Gasteiger charge is -2.36. The van der Waals surface area contributed by atoms with Gasteiger partial charge in [-0.3, -0.25) is 14.2 Å². The van der Waals surface area contributed by atoms with Gasteiger partial charge >= 0.3 is 11.9 Å². The highest BCUT2D eigenvalue weighted by Gasteiger charge is 2.42. The number of hydrogen-bond acceptors (Lipinski definition) is 9. The summed E-state index contributed by atoms with van der Waals surface area (Å²) < 4.78 is 28.4. The van der Waals surface area contributed by atoms with Crippen LogP contribution in [0.1, 0.15) is 53.9 Å². The molecule has 0 bridgehead atoms. The number of unbranched alkanes of at least 4 members (excludes halogenated alkanes) is 2. The van der Waals surface area contributed by atoms with E-state index in [1.165, 1.54) is 31.9 Å². The maximum Gasteiger partial charge on any atom is 0.323 e. The number of imidazole rings is 1. The van der Waals surface area contributed by atoms with E-state index in [2.05, 4.69) is 20.0 Å². The largest absolute Gasteiger partial charge is 0.480 e. The van der Waals surface area contributed by atoms with Crippen molar-refractivity contribution in [3.63, 3.8) is 0 Å². The van der Waals surface area contributed by atoms with Crippen LogP contribution in [-0.2, 0) is 30.2 Å². The van der Waals surface area contributed by atoms with E-state index in [0.29, 0.717) is 17.7 Å². The molecule has 0 saturated heterocycles. The molecule has 14 heteroatoms. The Balaban J connectivity index is 2.15. The molecule has 0 spiro atoms. The topological polar surface area (TPSA) is 175 Å². The van der Waals surface area contributed by atoms with Crippen molar-refractivity contribution in [1.82, 2.24) is 29.3 Å². The second-order valence-electron chi connectivity index (χ2n) is 9.30. The summed E-state index contributed by atoms with van der Waals surface area (Å²) in [7, 11) is -2.24. The first-order valence-electron chi connectivity index (χ1n) is 11.9. The number of fused-ring (bicyclic) bond motifs is 1. The van der Waals surface area contributed by atoms with E-state index in [4.69, 9.17) is 15.2 Å². The summed E-state index contributed by atoms with van der Waals surface area (Å²) >= 11 is 0. The minimum atomic E-state index is -3.73. The van der Waals surface area contributed by atoms with E-state index in [9.17, 15) is 19.3 Å². The molecule has 3 atom stereocenters. The van der Waals surface area contributed by atoms with E-state index in [-0.39, 0.29) is 18.8 Å². The van der Waals surface area contributed by atoms with E-state index in [1.807, 2.05) is 6.92 Å². The Morgan fingerprint density at radius 2 is 1.97 bits per heavy atom. The molecule has 202 valence electrons. The van der Waals surface area contributed by atoms with Crippen LogP contribution in [0.25, 0.3) is 11.2 Å². The van der Waals surface area contributed by atoms with Crippen molar-refractivity contribution in [3.8, 4) is 0 Å². The van der Waals surface area contributed by atoms with Gasteiger partial charge in [-0.05, 0) is 41.2 Å². The SMILES string of the molecule is CCCCCOC(=O)[C@@H](C)N(C)[P@@](=O)(CO[C@H](C)Cn1cnc2c(N)ncnc21)NC(C)(C)C(=O)O. The number of nitrogens with one attached hydrogen (secondary N) is 1. The molecule has 0 aliphatic rings. The van der Waals surface area contributed by atoms with Crippen LogP contribution in [0.15, 0.2) is 12.7 Å². The number of hydrogen-bond donors (Lipinski definition) is 3. The van der Waals surface area contributed by atoms with Crippen LogP contribution >= 0.6 is 7.44 Å². The first kappa shape index (κ1) is 29.6.